The monoisotopic (exact) mass is 807 g/mol. The van der Waals surface area contributed by atoms with Gasteiger partial charge in [0.2, 0.25) is 0 Å². The Bertz CT molecular complexity index is 1240. The summed E-state index contributed by atoms with van der Waals surface area (Å²) >= 11 is 0. The van der Waals surface area contributed by atoms with Crippen LogP contribution in [0.25, 0.3) is 11.1 Å². The topological polar surface area (TPSA) is 140 Å². The lowest BCUT2D eigenvalue weighted by Crippen LogP contribution is -2.32. The first-order valence-corrected chi connectivity index (χ1v) is 19.9. The minimum Gasteiger partial charge on any atom is -0.499 e. The Kier molecular flexibility index (Phi) is 28.5. The van der Waals surface area contributed by atoms with Crippen LogP contribution in [0.1, 0.15) is 17.0 Å². The molecule has 0 bridgehead atoms. The number of rotatable bonds is 39. The third-order valence-electron chi connectivity index (χ3n) is 8.40. The van der Waals surface area contributed by atoms with Gasteiger partial charge in [0, 0.05) is 19.5 Å². The molecule has 1 aliphatic rings. The summed E-state index contributed by atoms with van der Waals surface area (Å²) in [5.41, 5.74) is 4.79. The van der Waals surface area contributed by atoms with Gasteiger partial charge in [0.1, 0.15) is 13.2 Å². The van der Waals surface area contributed by atoms with E-state index in [9.17, 15) is 4.79 Å². The predicted octanol–water partition coefficient (Wildman–Crippen LogP) is 4.21. The molecule has 57 heavy (non-hydrogen) atoms. The first kappa shape index (κ1) is 48.2. The fourth-order valence-electron chi connectivity index (χ4n) is 5.49. The van der Waals surface area contributed by atoms with Crippen LogP contribution < -0.4 is 0 Å². The summed E-state index contributed by atoms with van der Waals surface area (Å²) in [4.78, 5) is 14.1. The number of carbonyl (C=O) groups excluding carboxylic acids is 1. The normalized spacial score (nSPS) is 12.1. The summed E-state index contributed by atoms with van der Waals surface area (Å²) < 4.78 is 71.0. The largest absolute Gasteiger partial charge is 0.499 e. The smallest absolute Gasteiger partial charge is 0.409 e. The van der Waals surface area contributed by atoms with E-state index in [0.717, 1.165) is 0 Å². The lowest BCUT2D eigenvalue weighted by molar-refractivity contribution is -0.0279. The third-order valence-corrected chi connectivity index (χ3v) is 8.40. The second-order valence-electron chi connectivity index (χ2n) is 12.5. The van der Waals surface area contributed by atoms with Gasteiger partial charge in [-0.05, 0) is 22.3 Å². The van der Waals surface area contributed by atoms with Crippen molar-refractivity contribution in [2.45, 2.75) is 5.92 Å². The van der Waals surface area contributed by atoms with E-state index in [1.165, 1.54) is 33.4 Å². The third kappa shape index (κ3) is 22.5. The molecule has 0 saturated heterocycles. The summed E-state index contributed by atoms with van der Waals surface area (Å²) in [6.07, 6.45) is 1.03. The molecule has 0 unspecified atom stereocenters. The van der Waals surface area contributed by atoms with E-state index < -0.39 is 0 Å². The highest BCUT2D eigenvalue weighted by atomic mass is 16.6. The number of carbonyl (C=O) groups is 1. The molecular weight excluding hydrogens is 742 g/mol. The fraction of sp³-hybridized carbons (Fsp3) is 0.643. The van der Waals surface area contributed by atoms with Gasteiger partial charge >= 0.3 is 6.09 Å². The van der Waals surface area contributed by atoms with Crippen LogP contribution in [-0.4, -0.2) is 183 Å². The molecule has 0 fully saturated rings. The lowest BCUT2D eigenvalue weighted by atomic mass is 9.98. The van der Waals surface area contributed by atoms with Crippen molar-refractivity contribution in [3.8, 4) is 11.1 Å². The van der Waals surface area contributed by atoms with Gasteiger partial charge < -0.3 is 66.5 Å². The zero-order valence-electron chi connectivity index (χ0n) is 33.8. The van der Waals surface area contributed by atoms with E-state index in [2.05, 4.69) is 30.8 Å². The number of amides is 1. The molecule has 2 aromatic carbocycles. The van der Waals surface area contributed by atoms with Crippen LogP contribution in [0.5, 0.6) is 0 Å². The molecule has 0 spiro atoms. The summed E-state index contributed by atoms with van der Waals surface area (Å²) in [5, 5.41) is 0. The number of benzene rings is 2. The van der Waals surface area contributed by atoms with Crippen molar-refractivity contribution < 1.29 is 66.4 Å². The molecule has 15 heteroatoms. The average Bonchev–Trinajstić information content (AvgIpc) is 3.55. The van der Waals surface area contributed by atoms with E-state index in [1.54, 1.807) is 7.05 Å². The van der Waals surface area contributed by atoms with Crippen LogP contribution in [0.15, 0.2) is 61.4 Å². The number of ether oxygens (including phenoxy) is 13. The maximum absolute atomic E-state index is 12.6. The molecular formula is C42H65NO14. The number of nitrogens with zero attached hydrogens (tertiary/aromatic N) is 1. The van der Waals surface area contributed by atoms with E-state index in [1.807, 2.05) is 24.3 Å². The van der Waals surface area contributed by atoms with Gasteiger partial charge in [0.05, 0.1) is 152 Å². The van der Waals surface area contributed by atoms with Crippen molar-refractivity contribution in [2.75, 3.05) is 172 Å². The van der Waals surface area contributed by atoms with E-state index in [-0.39, 0.29) is 12.0 Å². The Labute approximate surface area is 338 Å². The summed E-state index contributed by atoms with van der Waals surface area (Å²) in [6, 6.07) is 16.6. The Morgan fingerprint density at radius 3 is 1.12 bits per heavy atom. The lowest BCUT2D eigenvalue weighted by Gasteiger charge is -2.19. The number of hydrogen-bond donors (Lipinski definition) is 0. The van der Waals surface area contributed by atoms with Crippen molar-refractivity contribution in [1.29, 1.82) is 0 Å². The standard InChI is InChI=1S/C42H65NO14/c1-3-45-14-15-47-18-19-49-22-23-51-26-27-53-30-31-55-34-35-56-33-32-54-29-28-52-25-24-50-21-20-48-17-16-46-13-12-43(2)42(44)57-36-41-39-10-6-4-8-37(39)38-9-5-7-11-40(38)41/h3-11,41H,1,12-36H2,2H3. The van der Waals surface area contributed by atoms with Crippen molar-refractivity contribution in [3.63, 3.8) is 0 Å². The minimum atomic E-state index is -0.366. The predicted molar refractivity (Wildman–Crippen MR) is 213 cm³/mol. The van der Waals surface area contributed by atoms with Gasteiger partial charge in [-0.3, -0.25) is 0 Å². The van der Waals surface area contributed by atoms with Crippen LogP contribution in [0.2, 0.25) is 0 Å². The highest BCUT2D eigenvalue weighted by Crippen LogP contribution is 2.44. The zero-order chi connectivity index (χ0) is 40.3. The van der Waals surface area contributed by atoms with E-state index in [4.69, 9.17) is 61.6 Å². The van der Waals surface area contributed by atoms with Crippen molar-refractivity contribution >= 4 is 6.09 Å². The Hall–Kier alpha value is -3.19. The molecule has 0 N–H and O–H groups in total. The van der Waals surface area contributed by atoms with Crippen molar-refractivity contribution in [3.05, 3.63) is 72.5 Å². The molecule has 0 saturated carbocycles. The fourth-order valence-corrected chi connectivity index (χ4v) is 5.49. The maximum atomic E-state index is 12.6. The van der Waals surface area contributed by atoms with Crippen LogP contribution >= 0.6 is 0 Å². The molecule has 0 aliphatic heterocycles. The van der Waals surface area contributed by atoms with Gasteiger partial charge in [-0.15, -0.1) is 0 Å². The summed E-state index contributed by atoms with van der Waals surface area (Å²) in [6.45, 7) is 15.4. The van der Waals surface area contributed by atoms with Crippen LogP contribution in [0, 0.1) is 0 Å². The van der Waals surface area contributed by atoms with Gasteiger partial charge in [-0.25, -0.2) is 4.79 Å². The molecule has 3 rings (SSSR count). The average molecular weight is 808 g/mol. The van der Waals surface area contributed by atoms with Gasteiger partial charge in [0.15, 0.2) is 0 Å². The SMILES string of the molecule is C=COCCOCCOCCOCCOCCOCCOCCOCCOCCOCCOCCOCCN(C)C(=O)OCC1c2ccccc2-c2ccccc21. The summed E-state index contributed by atoms with van der Waals surface area (Å²) in [7, 11) is 1.71. The van der Waals surface area contributed by atoms with Crippen LogP contribution in [0.3, 0.4) is 0 Å². The van der Waals surface area contributed by atoms with Crippen molar-refractivity contribution in [2.24, 2.45) is 0 Å². The molecule has 1 aliphatic carbocycles. The molecule has 0 radical (unpaired) electrons. The zero-order valence-corrected chi connectivity index (χ0v) is 33.8. The second-order valence-corrected chi connectivity index (χ2v) is 12.5. The molecule has 0 aromatic heterocycles. The maximum Gasteiger partial charge on any atom is 0.409 e. The van der Waals surface area contributed by atoms with E-state index >= 15 is 0 Å². The quantitative estimate of drug-likeness (QED) is 0.0704. The van der Waals surface area contributed by atoms with Crippen LogP contribution in [-0.2, 0) is 61.6 Å². The van der Waals surface area contributed by atoms with Gasteiger partial charge in [0.25, 0.3) is 0 Å². The minimum absolute atomic E-state index is 0.0367. The Morgan fingerprint density at radius 2 is 0.789 bits per heavy atom. The Balaban J connectivity index is 0.956. The van der Waals surface area contributed by atoms with Gasteiger partial charge in [-0.2, -0.15) is 0 Å². The molecule has 1 amide bonds. The Morgan fingerprint density at radius 1 is 0.491 bits per heavy atom. The highest BCUT2D eigenvalue weighted by Gasteiger charge is 2.29. The van der Waals surface area contributed by atoms with Crippen molar-refractivity contribution in [1.82, 2.24) is 4.90 Å². The molecule has 0 heterocycles. The molecule has 2 aromatic rings. The molecule has 15 nitrogen and oxygen atoms in total. The summed E-state index contributed by atoms with van der Waals surface area (Å²) in [5.74, 6) is 0.0367. The number of hydrogen-bond acceptors (Lipinski definition) is 14. The number of fused-ring (bicyclic) bond motifs is 3. The molecule has 0 atom stereocenters. The highest BCUT2D eigenvalue weighted by molar-refractivity contribution is 5.79. The van der Waals surface area contributed by atoms with E-state index in [0.29, 0.717) is 165 Å². The second kappa shape index (κ2) is 33.7. The number of likely N-dealkylation sites (N-methyl/N-ethyl adjacent to an activating group) is 1. The first-order chi connectivity index (χ1) is 28.2. The first-order valence-electron chi connectivity index (χ1n) is 19.9. The van der Waals surface area contributed by atoms with Crippen LogP contribution in [0.4, 0.5) is 4.79 Å². The van der Waals surface area contributed by atoms with Gasteiger partial charge in [-0.1, -0.05) is 55.1 Å². The molecule has 322 valence electrons.